The second-order valence-corrected chi connectivity index (χ2v) is 7.10. The van der Waals surface area contributed by atoms with Gasteiger partial charge in [0.2, 0.25) is 0 Å². The van der Waals surface area contributed by atoms with Gasteiger partial charge in [-0.15, -0.1) is 0 Å². The normalized spacial score (nSPS) is 19.3. The SMILES string of the molecule is CCCCO[C@@H]1C[C@@H](c2ccc(OCc3ccc(OC)cc3)c(OC)c2)N(C)O1. The van der Waals surface area contributed by atoms with Gasteiger partial charge < -0.3 is 18.9 Å². The summed E-state index contributed by atoms with van der Waals surface area (Å²) in [7, 11) is 5.25. The summed E-state index contributed by atoms with van der Waals surface area (Å²) < 4.78 is 22.6. The van der Waals surface area contributed by atoms with Crippen LogP contribution in [0.25, 0.3) is 0 Å². The minimum Gasteiger partial charge on any atom is -0.497 e. The zero-order valence-corrected chi connectivity index (χ0v) is 17.7. The van der Waals surface area contributed by atoms with Gasteiger partial charge in [0, 0.05) is 20.1 Å². The number of ether oxygens (including phenoxy) is 4. The van der Waals surface area contributed by atoms with Crippen molar-refractivity contribution >= 4 is 0 Å². The molecule has 6 nitrogen and oxygen atoms in total. The van der Waals surface area contributed by atoms with E-state index in [1.165, 1.54) is 0 Å². The van der Waals surface area contributed by atoms with Gasteiger partial charge in [-0.25, -0.2) is 0 Å². The van der Waals surface area contributed by atoms with Crippen LogP contribution in [0.5, 0.6) is 17.2 Å². The Balaban J connectivity index is 1.63. The number of benzene rings is 2. The van der Waals surface area contributed by atoms with Gasteiger partial charge in [0.15, 0.2) is 17.8 Å². The van der Waals surface area contributed by atoms with Gasteiger partial charge in [-0.1, -0.05) is 31.5 Å². The highest BCUT2D eigenvalue weighted by Crippen LogP contribution is 2.38. The van der Waals surface area contributed by atoms with Gasteiger partial charge in [-0.3, -0.25) is 4.84 Å². The number of nitrogens with zero attached hydrogens (tertiary/aromatic N) is 1. The quantitative estimate of drug-likeness (QED) is 0.536. The van der Waals surface area contributed by atoms with E-state index in [2.05, 4.69) is 13.0 Å². The fourth-order valence-electron chi connectivity index (χ4n) is 3.33. The molecule has 158 valence electrons. The van der Waals surface area contributed by atoms with Crippen LogP contribution < -0.4 is 14.2 Å². The van der Waals surface area contributed by atoms with Gasteiger partial charge in [-0.05, 0) is 41.8 Å². The van der Waals surface area contributed by atoms with Crippen LogP contribution in [-0.2, 0) is 16.2 Å². The lowest BCUT2D eigenvalue weighted by Crippen LogP contribution is -2.18. The van der Waals surface area contributed by atoms with Crippen molar-refractivity contribution in [3.63, 3.8) is 0 Å². The lowest BCUT2D eigenvalue weighted by molar-refractivity contribution is -0.229. The summed E-state index contributed by atoms with van der Waals surface area (Å²) in [6.07, 6.45) is 2.74. The molecule has 2 atom stereocenters. The van der Waals surface area contributed by atoms with Crippen LogP contribution in [0.15, 0.2) is 42.5 Å². The van der Waals surface area contributed by atoms with Crippen molar-refractivity contribution in [2.75, 3.05) is 27.9 Å². The standard InChI is InChI=1S/C23H31NO5/c1-5-6-13-27-23-15-20(24(2)29-23)18-9-12-21(22(14-18)26-4)28-16-17-7-10-19(25-3)11-8-17/h7-12,14,20,23H,5-6,13,15-16H2,1-4H3/t20-,23-/m0/s1. The lowest BCUT2D eigenvalue weighted by atomic mass is 10.0. The fourth-order valence-corrected chi connectivity index (χ4v) is 3.33. The van der Waals surface area contributed by atoms with E-state index in [1.807, 2.05) is 48.5 Å². The molecule has 0 aliphatic carbocycles. The molecule has 1 aliphatic rings. The van der Waals surface area contributed by atoms with Gasteiger partial charge >= 0.3 is 0 Å². The Hall–Kier alpha value is -2.28. The molecule has 0 unspecified atom stereocenters. The highest BCUT2D eigenvalue weighted by Gasteiger charge is 2.33. The Kier molecular flexibility index (Phi) is 7.75. The van der Waals surface area contributed by atoms with E-state index in [1.54, 1.807) is 14.2 Å². The topological polar surface area (TPSA) is 49.4 Å². The van der Waals surface area contributed by atoms with Crippen molar-refractivity contribution in [2.45, 2.75) is 45.1 Å². The summed E-state index contributed by atoms with van der Waals surface area (Å²) in [5.41, 5.74) is 2.18. The second kappa shape index (κ2) is 10.5. The smallest absolute Gasteiger partial charge is 0.179 e. The number of rotatable bonds is 10. The highest BCUT2D eigenvalue weighted by atomic mass is 16.8. The van der Waals surface area contributed by atoms with Crippen LogP contribution in [0.1, 0.15) is 43.4 Å². The first-order chi connectivity index (χ1) is 14.1. The van der Waals surface area contributed by atoms with Crippen LogP contribution in [0.2, 0.25) is 0 Å². The van der Waals surface area contributed by atoms with Crippen LogP contribution in [-0.4, -0.2) is 39.2 Å². The van der Waals surface area contributed by atoms with Crippen LogP contribution >= 0.6 is 0 Å². The van der Waals surface area contributed by atoms with Crippen molar-refractivity contribution < 1.29 is 23.8 Å². The number of methoxy groups -OCH3 is 2. The lowest BCUT2D eigenvalue weighted by Gasteiger charge is -2.19. The molecule has 0 amide bonds. The molecule has 1 fully saturated rings. The summed E-state index contributed by atoms with van der Waals surface area (Å²) in [6, 6.07) is 14.0. The molecule has 29 heavy (non-hydrogen) atoms. The first kappa shape index (κ1) is 21.4. The number of hydroxylamine groups is 2. The van der Waals surface area contributed by atoms with E-state index in [4.69, 9.17) is 23.8 Å². The molecule has 2 aromatic carbocycles. The Morgan fingerprint density at radius 3 is 2.52 bits per heavy atom. The van der Waals surface area contributed by atoms with Crippen molar-refractivity contribution in [3.8, 4) is 17.2 Å². The molecule has 6 heteroatoms. The fraction of sp³-hybridized carbons (Fsp3) is 0.478. The molecule has 1 heterocycles. The maximum Gasteiger partial charge on any atom is 0.179 e. The third-order valence-electron chi connectivity index (χ3n) is 5.07. The number of hydrogen-bond donors (Lipinski definition) is 0. The maximum absolute atomic E-state index is 5.98. The van der Waals surface area contributed by atoms with Crippen LogP contribution in [0.3, 0.4) is 0 Å². The van der Waals surface area contributed by atoms with E-state index in [0.29, 0.717) is 18.1 Å². The van der Waals surface area contributed by atoms with Gasteiger partial charge in [0.05, 0.1) is 20.3 Å². The minimum atomic E-state index is -0.200. The average Bonchev–Trinajstić information content (AvgIpc) is 3.13. The van der Waals surface area contributed by atoms with Crippen molar-refractivity contribution in [1.82, 2.24) is 5.06 Å². The second-order valence-electron chi connectivity index (χ2n) is 7.10. The molecule has 0 saturated carbocycles. The predicted octanol–water partition coefficient (Wildman–Crippen LogP) is 4.73. The van der Waals surface area contributed by atoms with Gasteiger partial charge in [0.25, 0.3) is 0 Å². The third-order valence-corrected chi connectivity index (χ3v) is 5.07. The summed E-state index contributed by atoms with van der Waals surface area (Å²) in [5, 5.41) is 1.86. The van der Waals surface area contributed by atoms with E-state index >= 15 is 0 Å². The van der Waals surface area contributed by atoms with Crippen LogP contribution in [0, 0.1) is 0 Å². The molecule has 0 radical (unpaired) electrons. The molecule has 0 N–H and O–H groups in total. The minimum absolute atomic E-state index is 0.117. The predicted molar refractivity (Wildman–Crippen MR) is 111 cm³/mol. The summed E-state index contributed by atoms with van der Waals surface area (Å²) in [6.45, 7) is 3.33. The molecular formula is C23H31NO5. The number of unbranched alkanes of at least 4 members (excludes halogenated alkanes) is 1. The zero-order chi connectivity index (χ0) is 20.6. The van der Waals surface area contributed by atoms with Crippen molar-refractivity contribution in [2.24, 2.45) is 0 Å². The summed E-state index contributed by atoms with van der Waals surface area (Å²) in [4.78, 5) is 5.83. The van der Waals surface area contributed by atoms with Crippen molar-refractivity contribution in [3.05, 3.63) is 53.6 Å². The largest absolute Gasteiger partial charge is 0.497 e. The molecule has 3 rings (SSSR count). The first-order valence-electron chi connectivity index (χ1n) is 10.1. The Morgan fingerprint density at radius 1 is 1.03 bits per heavy atom. The third kappa shape index (κ3) is 5.63. The highest BCUT2D eigenvalue weighted by molar-refractivity contribution is 5.44. The van der Waals surface area contributed by atoms with E-state index in [0.717, 1.165) is 42.7 Å². The van der Waals surface area contributed by atoms with Gasteiger partial charge in [0.1, 0.15) is 12.4 Å². The van der Waals surface area contributed by atoms with E-state index in [-0.39, 0.29) is 12.3 Å². The number of hydrogen-bond acceptors (Lipinski definition) is 6. The molecule has 0 spiro atoms. The summed E-state index contributed by atoms with van der Waals surface area (Å²) >= 11 is 0. The van der Waals surface area contributed by atoms with Gasteiger partial charge in [-0.2, -0.15) is 5.06 Å². The Labute approximate surface area is 173 Å². The molecule has 0 bridgehead atoms. The molecular weight excluding hydrogens is 370 g/mol. The maximum atomic E-state index is 5.98. The Morgan fingerprint density at radius 2 is 1.83 bits per heavy atom. The van der Waals surface area contributed by atoms with E-state index < -0.39 is 0 Å². The molecule has 1 aliphatic heterocycles. The van der Waals surface area contributed by atoms with Crippen LogP contribution in [0.4, 0.5) is 0 Å². The van der Waals surface area contributed by atoms with E-state index in [9.17, 15) is 0 Å². The summed E-state index contributed by atoms with van der Waals surface area (Å²) in [5.74, 6) is 2.25. The zero-order valence-electron chi connectivity index (χ0n) is 17.7. The molecule has 0 aromatic heterocycles. The monoisotopic (exact) mass is 401 g/mol. The first-order valence-corrected chi connectivity index (χ1v) is 10.1. The van der Waals surface area contributed by atoms with Crippen molar-refractivity contribution in [1.29, 1.82) is 0 Å². The molecule has 2 aromatic rings. The molecule has 1 saturated heterocycles. The Bertz CT molecular complexity index is 764. The average molecular weight is 402 g/mol.